The molecule has 6 heteroatoms. The Kier molecular flexibility index (Phi) is 7.74. The van der Waals surface area contributed by atoms with Gasteiger partial charge in [0.1, 0.15) is 5.69 Å². The van der Waals surface area contributed by atoms with Crippen LogP contribution >= 0.6 is 0 Å². The Morgan fingerprint density at radius 3 is 2.58 bits per heavy atom. The quantitative estimate of drug-likeness (QED) is 0.750. The van der Waals surface area contributed by atoms with Gasteiger partial charge in [-0.25, -0.2) is 4.98 Å². The van der Waals surface area contributed by atoms with Crippen molar-refractivity contribution in [3.63, 3.8) is 0 Å². The van der Waals surface area contributed by atoms with E-state index in [2.05, 4.69) is 15.3 Å². The molecule has 0 spiro atoms. The highest BCUT2D eigenvalue weighted by molar-refractivity contribution is 5.92. The van der Waals surface area contributed by atoms with Crippen molar-refractivity contribution in [2.75, 3.05) is 19.6 Å². The summed E-state index contributed by atoms with van der Waals surface area (Å²) in [6.07, 6.45) is 5.55. The van der Waals surface area contributed by atoms with Crippen LogP contribution in [0.25, 0.3) is 0 Å². The molecule has 6 nitrogen and oxygen atoms in total. The van der Waals surface area contributed by atoms with E-state index in [1.165, 1.54) is 24.2 Å². The molecule has 1 aromatic heterocycles. The third kappa shape index (κ3) is 6.63. The predicted octanol–water partition coefficient (Wildman–Crippen LogP) is 2.32. The van der Waals surface area contributed by atoms with Crippen molar-refractivity contribution < 1.29 is 9.59 Å². The third-order valence-electron chi connectivity index (χ3n) is 3.84. The molecular weight excluding hydrogens is 328 g/mol. The molecule has 138 valence electrons. The maximum absolute atomic E-state index is 12.6. The Balaban J connectivity index is 1.82. The molecule has 0 aliphatic rings. The third-order valence-corrected chi connectivity index (χ3v) is 3.84. The minimum atomic E-state index is -0.191. The molecule has 0 radical (unpaired) electrons. The molecule has 0 fully saturated rings. The van der Waals surface area contributed by atoms with E-state index in [1.54, 1.807) is 4.90 Å². The highest BCUT2D eigenvalue weighted by Crippen LogP contribution is 2.06. The first-order chi connectivity index (χ1) is 12.6. The fourth-order valence-electron chi connectivity index (χ4n) is 2.60. The van der Waals surface area contributed by atoms with Crippen LogP contribution in [0.3, 0.4) is 0 Å². The summed E-state index contributed by atoms with van der Waals surface area (Å²) in [5, 5.41) is 2.91. The zero-order valence-electron chi connectivity index (χ0n) is 15.4. The molecule has 0 bridgehead atoms. The number of hydrogen-bond acceptors (Lipinski definition) is 4. The van der Waals surface area contributed by atoms with Crippen LogP contribution in [0.15, 0.2) is 48.9 Å². The van der Waals surface area contributed by atoms with Gasteiger partial charge in [0.2, 0.25) is 5.91 Å². The van der Waals surface area contributed by atoms with Crippen molar-refractivity contribution >= 4 is 11.8 Å². The van der Waals surface area contributed by atoms with Gasteiger partial charge in [-0.1, -0.05) is 44.2 Å². The lowest BCUT2D eigenvalue weighted by Crippen LogP contribution is -2.38. The molecule has 1 N–H and O–H groups in total. The fourth-order valence-corrected chi connectivity index (χ4v) is 2.60. The van der Waals surface area contributed by atoms with Gasteiger partial charge in [0.05, 0.1) is 6.20 Å². The molecule has 1 heterocycles. The van der Waals surface area contributed by atoms with Crippen LogP contribution in [0.4, 0.5) is 0 Å². The lowest BCUT2D eigenvalue weighted by Gasteiger charge is -2.24. The van der Waals surface area contributed by atoms with E-state index in [0.717, 1.165) is 6.42 Å². The number of nitrogens with zero attached hydrogens (tertiary/aromatic N) is 3. The summed E-state index contributed by atoms with van der Waals surface area (Å²) in [6.45, 7) is 5.61. The SMILES string of the molecule is CC(C)CN(CCC(=O)NCCc1ccccc1)C(=O)c1cnccn1. The number of aromatic nitrogens is 2. The lowest BCUT2D eigenvalue weighted by atomic mass is 10.1. The number of amides is 2. The van der Waals surface area contributed by atoms with Gasteiger partial charge < -0.3 is 10.2 Å². The Hall–Kier alpha value is -2.76. The van der Waals surface area contributed by atoms with Crippen LogP contribution in [0, 0.1) is 5.92 Å². The summed E-state index contributed by atoms with van der Waals surface area (Å²) in [6, 6.07) is 10.0. The van der Waals surface area contributed by atoms with Gasteiger partial charge in [0, 0.05) is 38.4 Å². The molecule has 1 aromatic carbocycles. The summed E-state index contributed by atoms with van der Waals surface area (Å²) in [4.78, 5) is 34.4. The number of carbonyl (C=O) groups excluding carboxylic acids is 2. The minimum Gasteiger partial charge on any atom is -0.356 e. The monoisotopic (exact) mass is 354 g/mol. The molecule has 2 amide bonds. The van der Waals surface area contributed by atoms with Gasteiger partial charge >= 0.3 is 0 Å². The first kappa shape index (κ1) is 19.6. The number of benzene rings is 1. The Morgan fingerprint density at radius 1 is 1.15 bits per heavy atom. The normalized spacial score (nSPS) is 10.6. The van der Waals surface area contributed by atoms with Gasteiger partial charge in [0.15, 0.2) is 0 Å². The summed E-state index contributed by atoms with van der Waals surface area (Å²) in [5.74, 6) is 0.0577. The zero-order chi connectivity index (χ0) is 18.8. The number of nitrogens with one attached hydrogen (secondary N) is 1. The van der Waals surface area contributed by atoms with Crippen molar-refractivity contribution in [1.29, 1.82) is 0 Å². The highest BCUT2D eigenvalue weighted by atomic mass is 16.2. The minimum absolute atomic E-state index is 0.0540. The Bertz CT molecular complexity index is 689. The summed E-state index contributed by atoms with van der Waals surface area (Å²) >= 11 is 0. The van der Waals surface area contributed by atoms with E-state index < -0.39 is 0 Å². The van der Waals surface area contributed by atoms with Crippen molar-refractivity contribution in [3.05, 3.63) is 60.2 Å². The van der Waals surface area contributed by atoms with E-state index in [-0.39, 0.29) is 18.2 Å². The van der Waals surface area contributed by atoms with Crippen molar-refractivity contribution in [2.24, 2.45) is 5.92 Å². The molecule has 2 rings (SSSR count). The van der Waals surface area contributed by atoms with Crippen LogP contribution in [-0.4, -0.2) is 46.3 Å². The number of hydrogen-bond donors (Lipinski definition) is 1. The summed E-state index contributed by atoms with van der Waals surface area (Å²) in [5.41, 5.74) is 1.49. The largest absolute Gasteiger partial charge is 0.356 e. The first-order valence-electron chi connectivity index (χ1n) is 8.92. The van der Waals surface area contributed by atoms with Crippen molar-refractivity contribution in [1.82, 2.24) is 20.2 Å². The predicted molar refractivity (Wildman–Crippen MR) is 101 cm³/mol. The average Bonchev–Trinajstić information content (AvgIpc) is 2.66. The van der Waals surface area contributed by atoms with Crippen molar-refractivity contribution in [2.45, 2.75) is 26.7 Å². The average molecular weight is 354 g/mol. The smallest absolute Gasteiger partial charge is 0.274 e. The molecule has 0 saturated carbocycles. The van der Waals surface area contributed by atoms with Gasteiger partial charge in [-0.05, 0) is 17.9 Å². The molecular formula is C20H26N4O2. The maximum Gasteiger partial charge on any atom is 0.274 e. The number of carbonyl (C=O) groups is 2. The molecule has 0 saturated heterocycles. The molecule has 0 unspecified atom stereocenters. The van der Waals surface area contributed by atoms with Gasteiger partial charge in [-0.15, -0.1) is 0 Å². The van der Waals surface area contributed by atoms with Crippen LogP contribution in [0.1, 0.15) is 36.3 Å². The van der Waals surface area contributed by atoms with Gasteiger partial charge in [0.25, 0.3) is 5.91 Å². The maximum atomic E-state index is 12.6. The topological polar surface area (TPSA) is 75.2 Å². The molecule has 2 aromatic rings. The lowest BCUT2D eigenvalue weighted by molar-refractivity contribution is -0.121. The van der Waals surface area contributed by atoms with E-state index in [9.17, 15) is 9.59 Å². The standard InChI is InChI=1S/C20H26N4O2/c1-16(2)15-24(20(26)18-14-21-11-12-22-18)13-9-19(25)23-10-8-17-6-4-3-5-7-17/h3-7,11-12,14,16H,8-10,13,15H2,1-2H3,(H,23,25). The molecule has 0 aliphatic heterocycles. The number of rotatable bonds is 9. The second-order valence-corrected chi connectivity index (χ2v) is 6.57. The van der Waals surface area contributed by atoms with Crippen LogP contribution in [0.5, 0.6) is 0 Å². The molecule has 0 aliphatic carbocycles. The first-order valence-corrected chi connectivity index (χ1v) is 8.92. The fraction of sp³-hybridized carbons (Fsp3) is 0.400. The summed E-state index contributed by atoms with van der Waals surface area (Å²) in [7, 11) is 0. The molecule has 26 heavy (non-hydrogen) atoms. The highest BCUT2D eigenvalue weighted by Gasteiger charge is 2.19. The van der Waals surface area contributed by atoms with E-state index in [0.29, 0.717) is 31.2 Å². The summed E-state index contributed by atoms with van der Waals surface area (Å²) < 4.78 is 0. The van der Waals surface area contributed by atoms with E-state index >= 15 is 0 Å². The Morgan fingerprint density at radius 2 is 1.92 bits per heavy atom. The zero-order valence-corrected chi connectivity index (χ0v) is 15.4. The van der Waals surface area contributed by atoms with Crippen LogP contribution in [-0.2, 0) is 11.2 Å². The van der Waals surface area contributed by atoms with Crippen LogP contribution in [0.2, 0.25) is 0 Å². The Labute approximate surface area is 154 Å². The van der Waals surface area contributed by atoms with E-state index in [4.69, 9.17) is 0 Å². The van der Waals surface area contributed by atoms with Gasteiger partial charge in [-0.2, -0.15) is 0 Å². The van der Waals surface area contributed by atoms with Crippen LogP contribution < -0.4 is 5.32 Å². The molecule has 0 atom stereocenters. The second-order valence-electron chi connectivity index (χ2n) is 6.57. The second kappa shape index (κ2) is 10.3. The van der Waals surface area contributed by atoms with E-state index in [1.807, 2.05) is 44.2 Å². The van der Waals surface area contributed by atoms with Crippen molar-refractivity contribution in [3.8, 4) is 0 Å². The van der Waals surface area contributed by atoms with Gasteiger partial charge in [-0.3, -0.25) is 14.6 Å².